The summed E-state index contributed by atoms with van der Waals surface area (Å²) in [4.78, 5) is 0. The normalized spacial score (nSPS) is 16.7. The van der Waals surface area contributed by atoms with Gasteiger partial charge in [-0.1, -0.05) is 41.4 Å². The number of benzene rings is 2. The number of nitrogens with two attached hydrogens (primary N) is 2. The van der Waals surface area contributed by atoms with Gasteiger partial charge in [0.25, 0.3) is 0 Å². The summed E-state index contributed by atoms with van der Waals surface area (Å²) in [7, 11) is 0. The fourth-order valence-electron chi connectivity index (χ4n) is 2.54. The Morgan fingerprint density at radius 1 is 1.09 bits per heavy atom. The summed E-state index contributed by atoms with van der Waals surface area (Å²) < 4.78 is 5.52. The Balaban J connectivity index is 2.29. The van der Waals surface area contributed by atoms with Crippen molar-refractivity contribution < 1.29 is 4.74 Å². The van der Waals surface area contributed by atoms with E-state index in [1.165, 1.54) is 0 Å². The SMILES string of the molecule is N#CC1=C(N)Oc2cc(N)ccc2[C@@H]1c1cccc(Cl)c1Cl. The summed E-state index contributed by atoms with van der Waals surface area (Å²) in [6.45, 7) is 0. The van der Waals surface area contributed by atoms with Crippen molar-refractivity contribution in [3.05, 3.63) is 69.0 Å². The molecule has 1 aliphatic heterocycles. The minimum absolute atomic E-state index is 0.0432. The lowest BCUT2D eigenvalue weighted by Gasteiger charge is -2.27. The van der Waals surface area contributed by atoms with E-state index in [1.54, 1.807) is 30.3 Å². The van der Waals surface area contributed by atoms with Gasteiger partial charge in [-0.3, -0.25) is 0 Å². The summed E-state index contributed by atoms with van der Waals surface area (Å²) in [6.07, 6.45) is 0. The van der Waals surface area contributed by atoms with E-state index in [0.717, 1.165) is 5.56 Å². The molecule has 1 aliphatic rings. The molecule has 1 atom stereocenters. The van der Waals surface area contributed by atoms with Crippen LogP contribution in [0.2, 0.25) is 10.0 Å². The smallest absolute Gasteiger partial charge is 0.205 e. The van der Waals surface area contributed by atoms with Gasteiger partial charge in [-0.15, -0.1) is 0 Å². The third-order valence-corrected chi connectivity index (χ3v) is 4.37. The molecule has 0 unspecified atom stereocenters. The van der Waals surface area contributed by atoms with E-state index in [0.29, 0.717) is 32.6 Å². The molecule has 6 heteroatoms. The van der Waals surface area contributed by atoms with Gasteiger partial charge in [-0.05, 0) is 17.7 Å². The van der Waals surface area contributed by atoms with Crippen molar-refractivity contribution in [3.8, 4) is 11.8 Å². The van der Waals surface area contributed by atoms with Crippen LogP contribution < -0.4 is 16.2 Å². The Morgan fingerprint density at radius 2 is 1.86 bits per heavy atom. The fourth-order valence-corrected chi connectivity index (χ4v) is 2.95. The quantitative estimate of drug-likeness (QED) is 0.778. The summed E-state index contributed by atoms with van der Waals surface area (Å²) >= 11 is 12.4. The number of nitrogens with zero attached hydrogens (tertiary/aromatic N) is 1. The molecule has 0 radical (unpaired) electrons. The van der Waals surface area contributed by atoms with Gasteiger partial charge in [0.15, 0.2) is 0 Å². The van der Waals surface area contributed by atoms with Crippen LogP contribution in [-0.4, -0.2) is 0 Å². The average molecular weight is 332 g/mol. The highest BCUT2D eigenvalue weighted by molar-refractivity contribution is 6.42. The number of allylic oxidation sites excluding steroid dienone is 1. The zero-order chi connectivity index (χ0) is 15.9. The second-order valence-corrected chi connectivity index (χ2v) is 5.65. The molecule has 4 N–H and O–H groups in total. The standard InChI is InChI=1S/C16H11Cl2N3O/c17-12-3-1-2-10(15(12)18)14-9-5-4-8(20)6-13(9)22-16(21)11(14)7-19/h1-6,14H,20-21H2/t14-/m1/s1. The van der Waals surface area contributed by atoms with Gasteiger partial charge in [-0.25, -0.2) is 0 Å². The van der Waals surface area contributed by atoms with Gasteiger partial charge in [0.05, 0.1) is 16.0 Å². The largest absolute Gasteiger partial charge is 0.440 e. The number of rotatable bonds is 1. The summed E-state index contributed by atoms with van der Waals surface area (Å²) in [5.41, 5.74) is 14.0. The van der Waals surface area contributed by atoms with E-state index in [2.05, 4.69) is 6.07 Å². The zero-order valence-electron chi connectivity index (χ0n) is 11.3. The van der Waals surface area contributed by atoms with Crippen molar-refractivity contribution in [3.63, 3.8) is 0 Å². The lowest BCUT2D eigenvalue weighted by molar-refractivity contribution is 0.394. The Bertz CT molecular complexity index is 840. The number of ether oxygens (including phenoxy) is 1. The molecule has 0 fully saturated rings. The van der Waals surface area contributed by atoms with Crippen LogP contribution in [0.3, 0.4) is 0 Å². The highest BCUT2D eigenvalue weighted by Crippen LogP contribution is 2.45. The molecule has 0 saturated carbocycles. The lowest BCUT2D eigenvalue weighted by Crippen LogP contribution is -2.21. The number of hydrogen-bond acceptors (Lipinski definition) is 4. The molecule has 2 aromatic rings. The van der Waals surface area contributed by atoms with E-state index < -0.39 is 5.92 Å². The van der Waals surface area contributed by atoms with Gasteiger partial charge >= 0.3 is 0 Å². The predicted molar refractivity (Wildman–Crippen MR) is 86.6 cm³/mol. The maximum absolute atomic E-state index is 9.46. The van der Waals surface area contributed by atoms with Crippen molar-refractivity contribution in [1.82, 2.24) is 0 Å². The Morgan fingerprint density at radius 3 is 2.59 bits per heavy atom. The third-order valence-electron chi connectivity index (χ3n) is 3.54. The number of hydrogen-bond donors (Lipinski definition) is 2. The maximum atomic E-state index is 9.46. The van der Waals surface area contributed by atoms with Crippen LogP contribution in [0.4, 0.5) is 5.69 Å². The molecule has 4 nitrogen and oxygen atoms in total. The molecule has 0 spiro atoms. The van der Waals surface area contributed by atoms with Crippen molar-refractivity contribution >= 4 is 28.9 Å². The van der Waals surface area contributed by atoms with Crippen LogP contribution in [0.1, 0.15) is 17.0 Å². The van der Waals surface area contributed by atoms with E-state index >= 15 is 0 Å². The van der Waals surface area contributed by atoms with Gasteiger partial charge in [0, 0.05) is 17.3 Å². The summed E-state index contributed by atoms with van der Waals surface area (Å²) in [5, 5.41) is 10.3. The molecule has 0 aromatic heterocycles. The Hall–Kier alpha value is -2.35. The monoisotopic (exact) mass is 331 g/mol. The van der Waals surface area contributed by atoms with Gasteiger partial charge in [-0.2, -0.15) is 5.26 Å². The second-order valence-electron chi connectivity index (χ2n) is 4.87. The Kier molecular flexibility index (Phi) is 3.61. The Labute approximate surface area is 137 Å². The van der Waals surface area contributed by atoms with Crippen LogP contribution in [-0.2, 0) is 0 Å². The minimum atomic E-state index is -0.444. The van der Waals surface area contributed by atoms with Crippen molar-refractivity contribution in [2.24, 2.45) is 5.73 Å². The molecule has 22 heavy (non-hydrogen) atoms. The number of nitrogen functional groups attached to an aromatic ring is 1. The third kappa shape index (κ3) is 2.25. The zero-order valence-corrected chi connectivity index (χ0v) is 12.8. The summed E-state index contributed by atoms with van der Waals surface area (Å²) in [5.74, 6) is 0.111. The maximum Gasteiger partial charge on any atom is 0.205 e. The van der Waals surface area contributed by atoms with Gasteiger partial charge in [0.2, 0.25) is 5.88 Å². The van der Waals surface area contributed by atoms with Crippen LogP contribution in [0.5, 0.6) is 5.75 Å². The molecule has 0 saturated heterocycles. The number of anilines is 1. The molecule has 110 valence electrons. The molecule has 0 amide bonds. The van der Waals surface area contributed by atoms with Crippen LogP contribution in [0.25, 0.3) is 0 Å². The molecule has 3 rings (SSSR count). The van der Waals surface area contributed by atoms with Crippen molar-refractivity contribution in [2.45, 2.75) is 5.92 Å². The first-order valence-electron chi connectivity index (χ1n) is 6.44. The van der Waals surface area contributed by atoms with E-state index in [9.17, 15) is 5.26 Å². The van der Waals surface area contributed by atoms with Gasteiger partial charge in [0.1, 0.15) is 17.4 Å². The van der Waals surface area contributed by atoms with Crippen LogP contribution >= 0.6 is 23.2 Å². The molecule has 0 aliphatic carbocycles. The summed E-state index contributed by atoms with van der Waals surface area (Å²) in [6, 6.07) is 12.6. The average Bonchev–Trinajstić information content (AvgIpc) is 2.48. The fraction of sp³-hybridized carbons (Fsp3) is 0.0625. The first-order valence-corrected chi connectivity index (χ1v) is 7.19. The van der Waals surface area contributed by atoms with Crippen molar-refractivity contribution in [2.75, 3.05) is 5.73 Å². The molecule has 2 aromatic carbocycles. The second kappa shape index (κ2) is 5.45. The number of halogens is 2. The molecule has 0 bridgehead atoms. The van der Waals surface area contributed by atoms with E-state index in [-0.39, 0.29) is 5.88 Å². The molecular weight excluding hydrogens is 321 g/mol. The van der Waals surface area contributed by atoms with Crippen LogP contribution in [0, 0.1) is 11.3 Å². The number of fused-ring (bicyclic) bond motifs is 1. The highest BCUT2D eigenvalue weighted by atomic mass is 35.5. The van der Waals surface area contributed by atoms with Crippen LogP contribution in [0.15, 0.2) is 47.9 Å². The number of nitriles is 1. The lowest BCUT2D eigenvalue weighted by atomic mass is 9.83. The van der Waals surface area contributed by atoms with Gasteiger partial charge < -0.3 is 16.2 Å². The first kappa shape index (κ1) is 14.6. The highest BCUT2D eigenvalue weighted by Gasteiger charge is 2.32. The van der Waals surface area contributed by atoms with E-state index in [4.69, 9.17) is 39.4 Å². The first-order chi connectivity index (χ1) is 10.5. The van der Waals surface area contributed by atoms with E-state index in [1.807, 2.05) is 6.07 Å². The predicted octanol–water partition coefficient (Wildman–Crippen LogP) is 3.79. The minimum Gasteiger partial charge on any atom is -0.440 e. The molecule has 1 heterocycles. The topological polar surface area (TPSA) is 85.1 Å². The van der Waals surface area contributed by atoms with Crippen molar-refractivity contribution in [1.29, 1.82) is 5.26 Å². The molecular formula is C16H11Cl2N3O.